The Morgan fingerprint density at radius 2 is 1.90 bits per heavy atom. The third-order valence-electron chi connectivity index (χ3n) is 4.01. The summed E-state index contributed by atoms with van der Waals surface area (Å²) in [4.78, 5) is 12.6. The second-order valence-electron chi connectivity index (χ2n) is 5.40. The van der Waals surface area contributed by atoms with Crippen molar-refractivity contribution in [1.29, 1.82) is 0 Å². The molecule has 2 aromatic rings. The lowest BCUT2D eigenvalue weighted by Gasteiger charge is -2.21. The molecule has 2 aromatic carbocycles. The summed E-state index contributed by atoms with van der Waals surface area (Å²) in [5, 5.41) is 5.31. The number of benzene rings is 2. The van der Waals surface area contributed by atoms with E-state index in [1.807, 2.05) is 13.0 Å². The van der Waals surface area contributed by atoms with E-state index in [0.717, 1.165) is 24.8 Å². The zero-order chi connectivity index (χ0) is 14.8. The zero-order valence-corrected chi connectivity index (χ0v) is 13.0. The molecule has 21 heavy (non-hydrogen) atoms. The normalized spacial score (nSPS) is 16.5. The monoisotopic (exact) mass is 297 g/mol. The van der Waals surface area contributed by atoms with Crippen molar-refractivity contribution in [3.05, 3.63) is 52.4 Å². The lowest BCUT2D eigenvalue weighted by Crippen LogP contribution is -2.23. The van der Waals surface area contributed by atoms with E-state index in [1.54, 1.807) is 0 Å². The topological polar surface area (TPSA) is 29.1 Å². The summed E-state index contributed by atoms with van der Waals surface area (Å²) in [6.07, 6.45) is 3.06. The molecule has 0 bridgehead atoms. The minimum absolute atomic E-state index is 0.0724. The Morgan fingerprint density at radius 1 is 1.19 bits per heavy atom. The molecule has 0 aromatic heterocycles. The molecule has 1 aliphatic rings. The maximum absolute atomic E-state index is 12.1. The molecule has 1 amide bonds. The van der Waals surface area contributed by atoms with Crippen LogP contribution in [0.4, 0.5) is 0 Å². The first-order valence-electron chi connectivity index (χ1n) is 7.43. The summed E-state index contributed by atoms with van der Waals surface area (Å²) in [7, 11) is 0. The Hall–Kier alpha value is -1.74. The molecule has 2 nitrogen and oxygen atoms in total. The summed E-state index contributed by atoms with van der Waals surface area (Å²) >= 11 is 4.49. The van der Waals surface area contributed by atoms with Gasteiger partial charge in [-0.1, -0.05) is 30.3 Å². The molecule has 3 heteroatoms. The largest absolute Gasteiger partial charge is 0.352 e. The Labute approximate surface area is 130 Å². The first kappa shape index (κ1) is 14.2. The predicted molar refractivity (Wildman–Crippen MR) is 91.5 cm³/mol. The zero-order valence-electron chi connectivity index (χ0n) is 12.1. The van der Waals surface area contributed by atoms with Crippen molar-refractivity contribution in [2.45, 2.75) is 26.2 Å². The van der Waals surface area contributed by atoms with Gasteiger partial charge in [0.25, 0.3) is 5.91 Å². The van der Waals surface area contributed by atoms with Crippen molar-refractivity contribution in [3.8, 4) is 0 Å². The first-order chi connectivity index (χ1) is 10.2. The third-order valence-corrected chi connectivity index (χ3v) is 4.48. The van der Waals surface area contributed by atoms with Gasteiger partial charge in [-0.05, 0) is 59.7 Å². The van der Waals surface area contributed by atoms with Gasteiger partial charge in [0.2, 0.25) is 0 Å². The number of amides is 1. The highest BCUT2D eigenvalue weighted by Gasteiger charge is 2.20. The van der Waals surface area contributed by atoms with Crippen LogP contribution < -0.4 is 5.32 Å². The molecule has 1 aliphatic carbocycles. The summed E-state index contributed by atoms with van der Waals surface area (Å²) in [6.45, 7) is 2.55. The van der Waals surface area contributed by atoms with Crippen molar-refractivity contribution >= 4 is 34.9 Å². The van der Waals surface area contributed by atoms with Crippen LogP contribution in [0, 0.1) is 0 Å². The van der Waals surface area contributed by atoms with Crippen molar-refractivity contribution in [2.75, 3.05) is 6.54 Å². The summed E-state index contributed by atoms with van der Waals surface area (Å²) < 4.78 is 0. The van der Waals surface area contributed by atoms with Crippen LogP contribution in [0.15, 0.2) is 41.3 Å². The predicted octanol–water partition coefficient (Wildman–Crippen LogP) is 3.95. The molecule has 1 N–H and O–H groups in total. The van der Waals surface area contributed by atoms with Crippen LogP contribution >= 0.6 is 12.6 Å². The fourth-order valence-corrected chi connectivity index (χ4v) is 3.30. The van der Waals surface area contributed by atoms with Crippen LogP contribution in [0.1, 0.15) is 30.9 Å². The summed E-state index contributed by atoms with van der Waals surface area (Å²) in [5.41, 5.74) is 3.60. The fraction of sp³-hybridized carbons (Fsp3) is 0.278. The molecule has 0 spiro atoms. The molecule has 0 unspecified atom stereocenters. The molecule has 0 fully saturated rings. The SMILES string of the molecule is CCNC(=O)/C(S)=C1/CCCc2cc3ccccc3cc21. The highest BCUT2D eigenvalue weighted by Crippen LogP contribution is 2.36. The van der Waals surface area contributed by atoms with E-state index in [4.69, 9.17) is 0 Å². The summed E-state index contributed by atoms with van der Waals surface area (Å²) in [6, 6.07) is 12.8. The number of carbonyl (C=O) groups is 1. The van der Waals surface area contributed by atoms with Gasteiger partial charge < -0.3 is 5.32 Å². The van der Waals surface area contributed by atoms with Gasteiger partial charge in [0.15, 0.2) is 0 Å². The van der Waals surface area contributed by atoms with E-state index in [1.165, 1.54) is 21.9 Å². The van der Waals surface area contributed by atoms with Gasteiger partial charge in [0.1, 0.15) is 0 Å². The van der Waals surface area contributed by atoms with Gasteiger partial charge in [-0.3, -0.25) is 4.79 Å². The van der Waals surface area contributed by atoms with Crippen LogP contribution in [-0.4, -0.2) is 12.5 Å². The van der Waals surface area contributed by atoms with Gasteiger partial charge in [0.05, 0.1) is 4.91 Å². The maximum atomic E-state index is 12.1. The molecule has 0 saturated heterocycles. The maximum Gasteiger partial charge on any atom is 0.257 e. The van der Waals surface area contributed by atoms with Gasteiger partial charge in [-0.15, -0.1) is 12.6 Å². The van der Waals surface area contributed by atoms with Crippen LogP contribution in [0.2, 0.25) is 0 Å². The van der Waals surface area contributed by atoms with Crippen LogP contribution in [0.25, 0.3) is 16.3 Å². The number of likely N-dealkylation sites (N-methyl/N-ethyl adjacent to an activating group) is 1. The fourth-order valence-electron chi connectivity index (χ4n) is 2.99. The number of nitrogens with one attached hydrogen (secondary N) is 1. The molecular weight excluding hydrogens is 278 g/mol. The van der Waals surface area contributed by atoms with E-state index >= 15 is 0 Å². The van der Waals surface area contributed by atoms with Crippen LogP contribution in [-0.2, 0) is 11.2 Å². The number of hydrogen-bond donors (Lipinski definition) is 2. The standard InChI is InChI=1S/C18H19NOS/c1-2-19-18(20)17(21)15-9-5-8-14-10-12-6-3-4-7-13(12)11-16(14)15/h3-4,6-7,10-11,21H,2,5,8-9H2,1H3,(H,19,20)/b17-15+. The highest BCUT2D eigenvalue weighted by atomic mass is 32.1. The lowest BCUT2D eigenvalue weighted by atomic mass is 9.85. The quantitative estimate of drug-likeness (QED) is 0.638. The Bertz CT molecular complexity index is 733. The van der Waals surface area contributed by atoms with Gasteiger partial charge in [-0.25, -0.2) is 0 Å². The third kappa shape index (κ3) is 2.70. The average molecular weight is 297 g/mol. The number of allylic oxidation sites excluding steroid dienone is 1. The van der Waals surface area contributed by atoms with E-state index in [9.17, 15) is 4.79 Å². The number of hydrogen-bond acceptors (Lipinski definition) is 2. The van der Waals surface area contributed by atoms with Crippen molar-refractivity contribution in [2.24, 2.45) is 0 Å². The van der Waals surface area contributed by atoms with E-state index < -0.39 is 0 Å². The smallest absolute Gasteiger partial charge is 0.257 e. The Morgan fingerprint density at radius 3 is 2.62 bits per heavy atom. The summed E-state index contributed by atoms with van der Waals surface area (Å²) in [5.74, 6) is -0.0724. The number of fused-ring (bicyclic) bond motifs is 2. The van der Waals surface area contributed by atoms with Gasteiger partial charge in [-0.2, -0.15) is 0 Å². The molecule has 108 valence electrons. The minimum atomic E-state index is -0.0724. The van der Waals surface area contributed by atoms with Crippen molar-refractivity contribution in [3.63, 3.8) is 0 Å². The molecule has 0 heterocycles. The van der Waals surface area contributed by atoms with E-state index in [-0.39, 0.29) is 5.91 Å². The molecule has 0 saturated carbocycles. The average Bonchev–Trinajstić information content (AvgIpc) is 2.52. The first-order valence-corrected chi connectivity index (χ1v) is 7.87. The van der Waals surface area contributed by atoms with Crippen molar-refractivity contribution < 1.29 is 4.79 Å². The molecule has 3 rings (SSSR count). The number of carbonyl (C=O) groups excluding carboxylic acids is 1. The highest BCUT2D eigenvalue weighted by molar-refractivity contribution is 7.85. The molecule has 0 radical (unpaired) electrons. The van der Waals surface area contributed by atoms with Crippen molar-refractivity contribution in [1.82, 2.24) is 5.32 Å². The number of rotatable bonds is 2. The molecule has 0 atom stereocenters. The second kappa shape index (κ2) is 5.94. The van der Waals surface area contributed by atoms with Crippen LogP contribution in [0.3, 0.4) is 0 Å². The molecule has 0 aliphatic heterocycles. The van der Waals surface area contributed by atoms with Crippen LogP contribution in [0.5, 0.6) is 0 Å². The Kier molecular flexibility index (Phi) is 4.02. The lowest BCUT2D eigenvalue weighted by molar-refractivity contribution is -0.116. The van der Waals surface area contributed by atoms with Gasteiger partial charge >= 0.3 is 0 Å². The van der Waals surface area contributed by atoms with E-state index in [0.29, 0.717) is 11.4 Å². The number of thiol groups is 1. The Balaban J connectivity index is 2.15. The minimum Gasteiger partial charge on any atom is -0.352 e. The second-order valence-corrected chi connectivity index (χ2v) is 5.84. The van der Waals surface area contributed by atoms with E-state index in [2.05, 4.69) is 48.3 Å². The number of aryl methyl sites for hydroxylation is 1. The molecular formula is C18H19NOS. The van der Waals surface area contributed by atoms with Gasteiger partial charge in [0, 0.05) is 6.54 Å².